The molecule has 0 saturated heterocycles. The summed E-state index contributed by atoms with van der Waals surface area (Å²) in [6.07, 6.45) is 11.7. The maximum Gasteiger partial charge on any atom is 0.143 e. The molecular weight excluding hydrogens is 468 g/mol. The van der Waals surface area contributed by atoms with Gasteiger partial charge in [0.2, 0.25) is 0 Å². The third-order valence-electron chi connectivity index (χ3n) is 6.02. The molecule has 0 N–H and O–H groups in total. The van der Waals surface area contributed by atoms with Crippen molar-refractivity contribution in [3.63, 3.8) is 0 Å². The summed E-state index contributed by atoms with van der Waals surface area (Å²) in [5.41, 5.74) is 6.39. The summed E-state index contributed by atoms with van der Waals surface area (Å²) in [6, 6.07) is 26.8. The third-order valence-corrected chi connectivity index (χ3v) is 6.25. The number of aromatic nitrogens is 6. The molecule has 0 aliphatic heterocycles. The van der Waals surface area contributed by atoms with Crippen LogP contribution in [0.3, 0.4) is 0 Å². The predicted molar refractivity (Wildman–Crippen MR) is 146 cm³/mol. The minimum atomic E-state index is 0.690. The van der Waals surface area contributed by atoms with Gasteiger partial charge in [-0.05, 0) is 64.0 Å². The van der Waals surface area contributed by atoms with E-state index in [0.717, 1.165) is 34.3 Å². The molecule has 174 valence electrons. The van der Waals surface area contributed by atoms with Gasteiger partial charge in [0.25, 0.3) is 0 Å². The second-order valence-electron chi connectivity index (χ2n) is 8.49. The summed E-state index contributed by atoms with van der Waals surface area (Å²) in [5.74, 6) is 0. The van der Waals surface area contributed by atoms with Crippen LogP contribution < -0.4 is 0 Å². The number of benzene rings is 3. The number of hydrogen-bond donors (Lipinski definition) is 0. The van der Waals surface area contributed by atoms with Crippen LogP contribution in [0, 0.1) is 0 Å². The van der Waals surface area contributed by atoms with Crippen LogP contribution in [0.15, 0.2) is 91.4 Å². The highest BCUT2D eigenvalue weighted by Crippen LogP contribution is 2.24. The summed E-state index contributed by atoms with van der Waals surface area (Å²) in [6.45, 7) is 0.758. The van der Waals surface area contributed by atoms with E-state index in [0.29, 0.717) is 5.02 Å². The molecule has 0 aliphatic carbocycles. The molecule has 7 heteroatoms. The average Bonchev–Trinajstić information content (AvgIpc) is 3.57. The lowest BCUT2D eigenvalue weighted by Gasteiger charge is -2.09. The Bertz CT molecular complexity index is 1730. The summed E-state index contributed by atoms with van der Waals surface area (Å²) < 4.78 is 3.85. The highest BCUT2D eigenvalue weighted by atomic mass is 35.5. The Labute approximate surface area is 212 Å². The Kier molecular flexibility index (Phi) is 5.85. The van der Waals surface area contributed by atoms with Crippen LogP contribution in [0.2, 0.25) is 5.02 Å². The first-order valence-electron chi connectivity index (χ1n) is 11.5. The molecule has 3 aromatic heterocycles. The molecule has 3 aromatic carbocycles. The zero-order valence-electron chi connectivity index (χ0n) is 19.2. The molecule has 0 atom stereocenters. The van der Waals surface area contributed by atoms with E-state index in [2.05, 4.69) is 87.0 Å². The first kappa shape index (κ1) is 21.9. The van der Waals surface area contributed by atoms with Gasteiger partial charge in [0.05, 0.1) is 16.7 Å². The molecule has 6 rings (SSSR count). The summed E-state index contributed by atoms with van der Waals surface area (Å²) in [4.78, 5) is 4.72. The van der Waals surface area contributed by atoms with Crippen LogP contribution in [0.5, 0.6) is 0 Å². The molecule has 0 aliphatic rings. The Balaban J connectivity index is 1.26. The molecule has 0 bridgehead atoms. The quantitative estimate of drug-likeness (QED) is 0.262. The van der Waals surface area contributed by atoms with Gasteiger partial charge in [0.1, 0.15) is 6.33 Å². The number of nitrogens with zero attached hydrogens (tertiary/aromatic N) is 6. The molecule has 0 radical (unpaired) electrons. The van der Waals surface area contributed by atoms with Crippen molar-refractivity contribution in [1.29, 1.82) is 0 Å². The Hall–Kier alpha value is -4.55. The lowest BCUT2D eigenvalue weighted by molar-refractivity contribution is 0.819. The van der Waals surface area contributed by atoms with Gasteiger partial charge in [0, 0.05) is 40.3 Å². The van der Waals surface area contributed by atoms with Crippen molar-refractivity contribution in [3.8, 4) is 0 Å². The molecule has 0 spiro atoms. The van der Waals surface area contributed by atoms with Gasteiger partial charge in [-0.15, -0.1) is 5.10 Å². The lowest BCUT2D eigenvalue weighted by Crippen LogP contribution is -1.99. The first-order valence-corrected chi connectivity index (χ1v) is 11.9. The number of pyridine rings is 1. The Morgan fingerprint density at radius 2 is 1.75 bits per heavy atom. The van der Waals surface area contributed by atoms with Crippen LogP contribution in [-0.2, 0) is 6.54 Å². The fourth-order valence-corrected chi connectivity index (χ4v) is 4.49. The molecule has 3 heterocycles. The number of halogens is 1. The van der Waals surface area contributed by atoms with Crippen LogP contribution >= 0.6 is 11.6 Å². The van der Waals surface area contributed by atoms with Gasteiger partial charge >= 0.3 is 0 Å². The monoisotopic (exact) mass is 488 g/mol. The molecule has 0 saturated carbocycles. The lowest BCUT2D eigenvalue weighted by atomic mass is 10.1. The maximum atomic E-state index is 6.13. The largest absolute Gasteiger partial charge is 0.343 e. The van der Waals surface area contributed by atoms with E-state index in [4.69, 9.17) is 16.6 Å². The average molecular weight is 489 g/mol. The first-order chi connectivity index (χ1) is 17.7. The van der Waals surface area contributed by atoms with Gasteiger partial charge in [-0.3, -0.25) is 0 Å². The smallest absolute Gasteiger partial charge is 0.143 e. The third kappa shape index (κ3) is 4.67. The van der Waals surface area contributed by atoms with Gasteiger partial charge in [-0.25, -0.2) is 9.67 Å². The van der Waals surface area contributed by atoms with Crippen molar-refractivity contribution < 1.29 is 0 Å². The van der Waals surface area contributed by atoms with Crippen molar-refractivity contribution in [3.05, 3.63) is 119 Å². The number of para-hydroxylation sites is 1. The van der Waals surface area contributed by atoms with E-state index >= 15 is 0 Å². The minimum Gasteiger partial charge on any atom is -0.343 e. The number of fused-ring (bicyclic) bond motifs is 2. The number of rotatable bonds is 6. The SMILES string of the molecule is Clc1ccc2ccc(/C=C\c3cccc(Cn4ccc5cccc(/C=C\n6cnnn6)c54)c3)nc2c1. The van der Waals surface area contributed by atoms with Crippen LogP contribution in [-0.4, -0.2) is 29.8 Å². The molecule has 0 amide bonds. The van der Waals surface area contributed by atoms with E-state index in [9.17, 15) is 0 Å². The van der Waals surface area contributed by atoms with E-state index in [-0.39, 0.29) is 0 Å². The summed E-state index contributed by atoms with van der Waals surface area (Å²) >= 11 is 6.13. The van der Waals surface area contributed by atoms with E-state index in [1.165, 1.54) is 16.5 Å². The summed E-state index contributed by atoms with van der Waals surface area (Å²) in [7, 11) is 0. The molecule has 36 heavy (non-hydrogen) atoms. The van der Waals surface area contributed by atoms with Gasteiger partial charge in [-0.2, -0.15) is 0 Å². The van der Waals surface area contributed by atoms with Crippen molar-refractivity contribution >= 4 is 57.8 Å². The Morgan fingerprint density at radius 1 is 0.833 bits per heavy atom. The second kappa shape index (κ2) is 9.60. The molecule has 6 aromatic rings. The molecule has 0 unspecified atom stereocenters. The normalized spacial score (nSPS) is 11.9. The maximum absolute atomic E-state index is 6.13. The van der Waals surface area contributed by atoms with Crippen molar-refractivity contribution in [1.82, 2.24) is 29.8 Å². The van der Waals surface area contributed by atoms with Crippen molar-refractivity contribution in [2.75, 3.05) is 0 Å². The van der Waals surface area contributed by atoms with E-state index in [1.54, 1.807) is 11.0 Å². The zero-order valence-corrected chi connectivity index (χ0v) is 20.0. The van der Waals surface area contributed by atoms with Crippen LogP contribution in [0.25, 0.3) is 46.2 Å². The van der Waals surface area contributed by atoms with Gasteiger partial charge in [-0.1, -0.05) is 66.2 Å². The zero-order chi connectivity index (χ0) is 24.3. The van der Waals surface area contributed by atoms with Crippen LogP contribution in [0.1, 0.15) is 22.4 Å². The van der Waals surface area contributed by atoms with E-state index in [1.807, 2.05) is 42.6 Å². The highest BCUT2D eigenvalue weighted by Gasteiger charge is 2.06. The standard InChI is InChI=1S/C29H21ClN6/c30-26-10-8-23-9-12-27(32-28(23)18-26)11-7-21-3-1-4-22(17-21)19-35-15-13-24-5-2-6-25(29(24)35)14-16-36-20-31-33-34-36/h1-18,20H,19H2/b11-7-,16-14-. The highest BCUT2D eigenvalue weighted by molar-refractivity contribution is 6.31. The van der Waals surface area contributed by atoms with Crippen molar-refractivity contribution in [2.24, 2.45) is 0 Å². The summed E-state index contributed by atoms with van der Waals surface area (Å²) in [5, 5.41) is 14.2. The van der Waals surface area contributed by atoms with Crippen LogP contribution in [0.4, 0.5) is 0 Å². The molecule has 0 fully saturated rings. The topological polar surface area (TPSA) is 61.4 Å². The molecular formula is C29H21ClN6. The van der Waals surface area contributed by atoms with Crippen molar-refractivity contribution in [2.45, 2.75) is 6.54 Å². The van der Waals surface area contributed by atoms with E-state index < -0.39 is 0 Å². The molecule has 6 nitrogen and oxygen atoms in total. The van der Waals surface area contributed by atoms with Gasteiger partial charge in [0.15, 0.2) is 0 Å². The fourth-order valence-electron chi connectivity index (χ4n) is 4.32. The fraction of sp³-hybridized carbons (Fsp3) is 0.0345. The minimum absolute atomic E-state index is 0.690. The predicted octanol–water partition coefficient (Wildman–Crippen LogP) is 6.68. The second-order valence-corrected chi connectivity index (χ2v) is 8.92. The number of hydrogen-bond acceptors (Lipinski definition) is 4. The Morgan fingerprint density at radius 3 is 2.67 bits per heavy atom. The number of tetrazole rings is 1. The van der Waals surface area contributed by atoms with Gasteiger partial charge < -0.3 is 4.57 Å².